The van der Waals surface area contributed by atoms with Crippen molar-refractivity contribution in [1.29, 1.82) is 0 Å². The lowest BCUT2D eigenvalue weighted by Gasteiger charge is -2.38. The maximum Gasteiger partial charge on any atom is 0.248 e. The predicted octanol–water partition coefficient (Wildman–Crippen LogP) is 2.70. The summed E-state index contributed by atoms with van der Waals surface area (Å²) in [5.41, 5.74) is 0.926. The summed E-state index contributed by atoms with van der Waals surface area (Å²) < 4.78 is 5.82. The van der Waals surface area contributed by atoms with Crippen LogP contribution < -0.4 is 5.32 Å². The summed E-state index contributed by atoms with van der Waals surface area (Å²) in [6.07, 6.45) is 5.20. The molecule has 2 aliphatic heterocycles. The SMILES string of the molecule is Cc1nnc(NC[C@@H]2CN(CC3CCN(CC4CC4)CC3)C(=O)CO2)c2ccccc12. The smallest absolute Gasteiger partial charge is 0.248 e. The molecule has 7 heteroatoms. The maximum atomic E-state index is 12.5. The largest absolute Gasteiger partial charge is 0.365 e. The molecule has 31 heavy (non-hydrogen) atoms. The second-order valence-electron chi connectivity index (χ2n) is 9.48. The average Bonchev–Trinajstić information content (AvgIpc) is 3.61. The molecule has 3 heterocycles. The Balaban J connectivity index is 1.14. The van der Waals surface area contributed by atoms with Gasteiger partial charge in [0.25, 0.3) is 0 Å². The molecule has 166 valence electrons. The number of morpholine rings is 1. The van der Waals surface area contributed by atoms with E-state index in [2.05, 4.69) is 32.5 Å². The Morgan fingerprint density at radius 2 is 1.77 bits per heavy atom. The van der Waals surface area contributed by atoms with Gasteiger partial charge in [0.2, 0.25) is 5.91 Å². The van der Waals surface area contributed by atoms with Gasteiger partial charge in [-0.2, -0.15) is 5.10 Å². The minimum absolute atomic E-state index is 0.0329. The Morgan fingerprint density at radius 3 is 2.55 bits per heavy atom. The summed E-state index contributed by atoms with van der Waals surface area (Å²) in [6.45, 7) is 7.93. The number of aryl methyl sites for hydroxylation is 1. The predicted molar refractivity (Wildman–Crippen MR) is 121 cm³/mol. The normalized spacial score (nSPS) is 23.5. The van der Waals surface area contributed by atoms with Crippen molar-refractivity contribution >= 4 is 22.5 Å². The molecule has 1 aromatic carbocycles. The van der Waals surface area contributed by atoms with Gasteiger partial charge in [0.1, 0.15) is 6.61 Å². The number of amides is 1. The Kier molecular flexibility index (Phi) is 6.05. The molecular formula is C24H33N5O2. The number of fused-ring (bicyclic) bond motifs is 1. The first kappa shape index (κ1) is 20.6. The summed E-state index contributed by atoms with van der Waals surface area (Å²) in [6, 6.07) is 8.16. The number of rotatable bonds is 7. The van der Waals surface area contributed by atoms with Crippen molar-refractivity contribution in [1.82, 2.24) is 20.0 Å². The van der Waals surface area contributed by atoms with Gasteiger partial charge in [-0.3, -0.25) is 4.79 Å². The molecule has 1 aliphatic carbocycles. The van der Waals surface area contributed by atoms with E-state index in [9.17, 15) is 4.79 Å². The van der Waals surface area contributed by atoms with Crippen LogP contribution in [0.15, 0.2) is 24.3 Å². The molecule has 2 aromatic rings. The number of nitrogens with zero attached hydrogens (tertiary/aromatic N) is 4. The maximum absolute atomic E-state index is 12.5. The third-order valence-electron chi connectivity index (χ3n) is 6.99. The zero-order valence-electron chi connectivity index (χ0n) is 18.4. The second kappa shape index (κ2) is 9.09. The van der Waals surface area contributed by atoms with Gasteiger partial charge in [-0.1, -0.05) is 24.3 Å². The van der Waals surface area contributed by atoms with Crippen molar-refractivity contribution in [3.63, 3.8) is 0 Å². The van der Waals surface area contributed by atoms with Crippen LogP contribution in [0, 0.1) is 18.8 Å². The molecule has 1 aromatic heterocycles. The van der Waals surface area contributed by atoms with E-state index in [1.54, 1.807) is 0 Å². The molecule has 3 fully saturated rings. The number of benzene rings is 1. The lowest BCUT2D eigenvalue weighted by Crippen LogP contribution is -2.51. The minimum Gasteiger partial charge on any atom is -0.365 e. The van der Waals surface area contributed by atoms with Crippen molar-refractivity contribution in [3.8, 4) is 0 Å². The fourth-order valence-corrected chi connectivity index (χ4v) is 4.89. The van der Waals surface area contributed by atoms with Crippen LogP contribution in [-0.2, 0) is 9.53 Å². The Morgan fingerprint density at radius 1 is 1.03 bits per heavy atom. The highest BCUT2D eigenvalue weighted by molar-refractivity contribution is 5.92. The van der Waals surface area contributed by atoms with Gasteiger partial charge in [0.05, 0.1) is 11.8 Å². The third kappa shape index (κ3) is 4.99. The molecule has 0 bridgehead atoms. The molecule has 3 aliphatic rings. The van der Waals surface area contributed by atoms with Crippen molar-refractivity contribution in [3.05, 3.63) is 30.0 Å². The van der Waals surface area contributed by atoms with Crippen LogP contribution in [0.3, 0.4) is 0 Å². The van der Waals surface area contributed by atoms with E-state index >= 15 is 0 Å². The van der Waals surface area contributed by atoms with E-state index in [1.165, 1.54) is 45.3 Å². The zero-order chi connectivity index (χ0) is 21.2. The standard InChI is InChI=1S/C24H33N5O2/c1-17-21-4-2-3-5-22(21)24(27-26-17)25-12-20-15-29(23(30)16-31-20)14-19-8-10-28(11-9-19)13-18-6-7-18/h2-5,18-20H,6-16H2,1H3,(H,25,27)/t20-/m1/s1. The van der Waals surface area contributed by atoms with E-state index < -0.39 is 0 Å². The summed E-state index contributed by atoms with van der Waals surface area (Å²) >= 11 is 0. The second-order valence-corrected chi connectivity index (χ2v) is 9.48. The average molecular weight is 424 g/mol. The number of likely N-dealkylation sites (tertiary alicyclic amines) is 1. The van der Waals surface area contributed by atoms with Crippen molar-refractivity contribution < 1.29 is 9.53 Å². The topological polar surface area (TPSA) is 70.6 Å². The van der Waals surface area contributed by atoms with Crippen LogP contribution >= 0.6 is 0 Å². The zero-order valence-corrected chi connectivity index (χ0v) is 18.4. The molecule has 0 unspecified atom stereocenters. The number of piperidine rings is 1. The number of nitrogens with one attached hydrogen (secondary N) is 1. The van der Waals surface area contributed by atoms with Gasteiger partial charge < -0.3 is 19.9 Å². The van der Waals surface area contributed by atoms with Gasteiger partial charge in [0, 0.05) is 37.0 Å². The van der Waals surface area contributed by atoms with E-state index in [-0.39, 0.29) is 18.6 Å². The fraction of sp³-hybridized carbons (Fsp3) is 0.625. The van der Waals surface area contributed by atoms with Crippen LogP contribution in [0.25, 0.3) is 10.8 Å². The van der Waals surface area contributed by atoms with Crippen LogP contribution in [0.2, 0.25) is 0 Å². The van der Waals surface area contributed by atoms with Gasteiger partial charge in [-0.15, -0.1) is 5.10 Å². The van der Waals surface area contributed by atoms with Crippen LogP contribution in [0.4, 0.5) is 5.82 Å². The van der Waals surface area contributed by atoms with E-state index in [0.717, 1.165) is 34.7 Å². The van der Waals surface area contributed by atoms with E-state index in [0.29, 0.717) is 19.0 Å². The molecule has 2 saturated heterocycles. The van der Waals surface area contributed by atoms with Crippen LogP contribution in [0.5, 0.6) is 0 Å². The summed E-state index contributed by atoms with van der Waals surface area (Å²) in [4.78, 5) is 17.1. The Hall–Kier alpha value is -2.25. The quantitative estimate of drug-likeness (QED) is 0.738. The van der Waals surface area contributed by atoms with Gasteiger partial charge in [-0.05, 0) is 57.5 Å². The van der Waals surface area contributed by atoms with Crippen LogP contribution in [0.1, 0.15) is 31.4 Å². The Bertz CT molecular complexity index is 923. The first-order valence-corrected chi connectivity index (χ1v) is 11.7. The third-order valence-corrected chi connectivity index (χ3v) is 6.99. The molecule has 0 spiro atoms. The van der Waals surface area contributed by atoms with E-state index in [4.69, 9.17) is 4.74 Å². The number of carbonyl (C=O) groups excluding carboxylic acids is 1. The van der Waals surface area contributed by atoms with Crippen molar-refractivity contribution in [2.24, 2.45) is 11.8 Å². The van der Waals surface area contributed by atoms with Gasteiger partial charge in [0.15, 0.2) is 5.82 Å². The van der Waals surface area contributed by atoms with E-state index in [1.807, 2.05) is 24.0 Å². The fourth-order valence-electron chi connectivity index (χ4n) is 4.89. The molecule has 1 amide bonds. The number of anilines is 1. The lowest BCUT2D eigenvalue weighted by atomic mass is 9.95. The monoisotopic (exact) mass is 423 g/mol. The molecule has 5 rings (SSSR count). The highest BCUT2D eigenvalue weighted by atomic mass is 16.5. The molecule has 1 N–H and O–H groups in total. The first-order valence-electron chi connectivity index (χ1n) is 11.7. The highest BCUT2D eigenvalue weighted by Crippen LogP contribution is 2.31. The highest BCUT2D eigenvalue weighted by Gasteiger charge is 2.31. The van der Waals surface area contributed by atoms with Crippen molar-refractivity contribution in [2.75, 3.05) is 51.2 Å². The minimum atomic E-state index is -0.0329. The summed E-state index contributed by atoms with van der Waals surface area (Å²) in [5.74, 6) is 2.47. The molecule has 0 radical (unpaired) electrons. The molecule has 1 saturated carbocycles. The van der Waals surface area contributed by atoms with Crippen molar-refractivity contribution in [2.45, 2.75) is 38.7 Å². The van der Waals surface area contributed by atoms with Gasteiger partial charge in [-0.25, -0.2) is 0 Å². The summed E-state index contributed by atoms with van der Waals surface area (Å²) in [7, 11) is 0. The van der Waals surface area contributed by atoms with Gasteiger partial charge >= 0.3 is 0 Å². The number of aromatic nitrogens is 2. The van der Waals surface area contributed by atoms with Crippen LogP contribution in [-0.4, -0.2) is 77.9 Å². The molecule has 1 atom stereocenters. The molecular weight excluding hydrogens is 390 g/mol. The first-order chi connectivity index (χ1) is 15.2. The Labute approximate surface area is 184 Å². The number of hydrogen-bond donors (Lipinski definition) is 1. The number of carbonyl (C=O) groups is 1. The number of ether oxygens (including phenoxy) is 1. The number of hydrogen-bond acceptors (Lipinski definition) is 6. The lowest BCUT2D eigenvalue weighted by molar-refractivity contribution is -0.149. The summed E-state index contributed by atoms with van der Waals surface area (Å²) in [5, 5.41) is 14.2. The molecule has 7 nitrogen and oxygen atoms in total.